The van der Waals surface area contributed by atoms with E-state index in [-0.39, 0.29) is 12.3 Å². The van der Waals surface area contributed by atoms with E-state index in [0.717, 1.165) is 12.8 Å². The van der Waals surface area contributed by atoms with E-state index in [9.17, 15) is 9.59 Å². The predicted octanol–water partition coefficient (Wildman–Crippen LogP) is 2.10. The molecule has 7 heteroatoms. The molecule has 0 saturated heterocycles. The van der Waals surface area contributed by atoms with Crippen molar-refractivity contribution in [3.05, 3.63) is 11.7 Å². The van der Waals surface area contributed by atoms with E-state index in [0.29, 0.717) is 37.4 Å². The number of nitrogens with one attached hydrogen (secondary N) is 1. The summed E-state index contributed by atoms with van der Waals surface area (Å²) in [7, 11) is 0. The molecule has 1 heterocycles. The van der Waals surface area contributed by atoms with Crippen LogP contribution in [0.5, 0.6) is 0 Å². The van der Waals surface area contributed by atoms with Crippen LogP contribution in [0.3, 0.4) is 0 Å². The zero-order valence-corrected chi connectivity index (χ0v) is 13.5. The molecule has 0 spiro atoms. The van der Waals surface area contributed by atoms with Gasteiger partial charge in [0, 0.05) is 31.2 Å². The van der Waals surface area contributed by atoms with E-state index in [4.69, 9.17) is 9.63 Å². The molecular weight excluding hydrogens is 286 g/mol. The first kappa shape index (κ1) is 18.1. The van der Waals surface area contributed by atoms with Gasteiger partial charge in [0.05, 0.1) is 0 Å². The highest BCUT2D eigenvalue weighted by Crippen LogP contribution is 2.12. The third-order valence-corrected chi connectivity index (χ3v) is 3.22. The molecule has 22 heavy (non-hydrogen) atoms. The summed E-state index contributed by atoms with van der Waals surface area (Å²) in [4.78, 5) is 26.7. The van der Waals surface area contributed by atoms with Crippen LogP contribution >= 0.6 is 0 Å². The molecule has 0 aliphatic heterocycles. The summed E-state index contributed by atoms with van der Waals surface area (Å²) in [5.74, 6) is 0.309. The minimum Gasteiger partial charge on any atom is -0.481 e. The van der Waals surface area contributed by atoms with Crippen LogP contribution < -0.4 is 5.32 Å². The second-order valence-corrected chi connectivity index (χ2v) is 6.03. The Morgan fingerprint density at radius 1 is 1.27 bits per heavy atom. The Bertz CT molecular complexity index is 497. The SMILES string of the molecule is CCCc1noc(CCCC(=O)NC(C)(C)CCC(=O)O)n1. The standard InChI is InChI=1S/C15H25N3O4/c1-4-6-11-16-13(22-18-11)8-5-7-12(19)17-15(2,3)10-9-14(20)21/h4-10H2,1-3H3,(H,17,19)(H,20,21). The van der Waals surface area contributed by atoms with E-state index < -0.39 is 11.5 Å². The maximum atomic E-state index is 11.9. The minimum absolute atomic E-state index is 0.0372. The highest BCUT2D eigenvalue weighted by atomic mass is 16.5. The fraction of sp³-hybridized carbons (Fsp3) is 0.733. The Labute approximate surface area is 130 Å². The van der Waals surface area contributed by atoms with Gasteiger partial charge in [-0.2, -0.15) is 4.98 Å². The molecule has 0 bridgehead atoms. The van der Waals surface area contributed by atoms with Gasteiger partial charge in [0.15, 0.2) is 5.82 Å². The molecule has 1 aromatic heterocycles. The Morgan fingerprint density at radius 2 is 2.00 bits per heavy atom. The van der Waals surface area contributed by atoms with Crippen molar-refractivity contribution in [2.24, 2.45) is 0 Å². The van der Waals surface area contributed by atoms with Crippen molar-refractivity contribution in [3.8, 4) is 0 Å². The number of carboxylic acids is 1. The van der Waals surface area contributed by atoms with Crippen molar-refractivity contribution in [1.29, 1.82) is 0 Å². The van der Waals surface area contributed by atoms with Gasteiger partial charge in [0.25, 0.3) is 0 Å². The number of rotatable bonds is 10. The molecule has 1 aromatic rings. The molecule has 0 saturated carbocycles. The molecule has 2 N–H and O–H groups in total. The van der Waals surface area contributed by atoms with Gasteiger partial charge < -0.3 is 14.9 Å². The summed E-state index contributed by atoms with van der Waals surface area (Å²) in [6.45, 7) is 5.69. The zero-order chi connectivity index (χ0) is 16.6. The first-order chi connectivity index (χ1) is 10.3. The summed E-state index contributed by atoms with van der Waals surface area (Å²) >= 11 is 0. The number of carboxylic acid groups (broad SMARTS) is 1. The lowest BCUT2D eigenvalue weighted by molar-refractivity contribution is -0.137. The molecule has 0 atom stereocenters. The van der Waals surface area contributed by atoms with Crippen molar-refractivity contribution in [3.63, 3.8) is 0 Å². The number of amides is 1. The van der Waals surface area contributed by atoms with Gasteiger partial charge in [-0.3, -0.25) is 9.59 Å². The number of carbonyl (C=O) groups is 2. The van der Waals surface area contributed by atoms with Crippen LogP contribution in [0, 0.1) is 0 Å². The number of aromatic nitrogens is 2. The van der Waals surface area contributed by atoms with Gasteiger partial charge in [0.1, 0.15) is 0 Å². The molecule has 124 valence electrons. The van der Waals surface area contributed by atoms with E-state index in [1.165, 1.54) is 0 Å². The molecular formula is C15H25N3O4. The van der Waals surface area contributed by atoms with Crippen molar-refractivity contribution >= 4 is 11.9 Å². The summed E-state index contributed by atoms with van der Waals surface area (Å²) in [5.41, 5.74) is -0.520. The Balaban J connectivity index is 2.28. The second-order valence-electron chi connectivity index (χ2n) is 6.03. The Kier molecular flexibility index (Phi) is 7.01. The average Bonchev–Trinajstić information content (AvgIpc) is 2.84. The Morgan fingerprint density at radius 3 is 2.64 bits per heavy atom. The van der Waals surface area contributed by atoms with Gasteiger partial charge in [-0.05, 0) is 33.1 Å². The number of hydrogen-bond acceptors (Lipinski definition) is 5. The summed E-state index contributed by atoms with van der Waals surface area (Å²) < 4.78 is 5.11. The highest BCUT2D eigenvalue weighted by Gasteiger charge is 2.21. The van der Waals surface area contributed by atoms with Gasteiger partial charge in [-0.15, -0.1) is 0 Å². The smallest absolute Gasteiger partial charge is 0.303 e. The fourth-order valence-electron chi connectivity index (χ4n) is 2.04. The van der Waals surface area contributed by atoms with Crippen LogP contribution in [-0.2, 0) is 22.4 Å². The molecule has 1 amide bonds. The quantitative estimate of drug-likeness (QED) is 0.685. The summed E-state index contributed by atoms with van der Waals surface area (Å²) in [6, 6.07) is 0. The van der Waals surface area contributed by atoms with Crippen LogP contribution in [-0.4, -0.2) is 32.7 Å². The first-order valence-corrected chi connectivity index (χ1v) is 7.66. The molecule has 0 aliphatic carbocycles. The lowest BCUT2D eigenvalue weighted by Gasteiger charge is -2.25. The molecule has 0 radical (unpaired) electrons. The molecule has 1 rings (SSSR count). The van der Waals surface area contributed by atoms with Gasteiger partial charge in [-0.25, -0.2) is 0 Å². The van der Waals surface area contributed by atoms with Crippen molar-refractivity contribution in [1.82, 2.24) is 15.5 Å². The summed E-state index contributed by atoms with van der Waals surface area (Å²) in [6.07, 6.45) is 3.73. The van der Waals surface area contributed by atoms with Crippen LogP contribution in [0.25, 0.3) is 0 Å². The van der Waals surface area contributed by atoms with E-state index >= 15 is 0 Å². The zero-order valence-electron chi connectivity index (χ0n) is 13.5. The molecule has 0 unspecified atom stereocenters. The number of nitrogens with zero attached hydrogens (tertiary/aromatic N) is 2. The van der Waals surface area contributed by atoms with Crippen molar-refractivity contribution in [2.45, 2.75) is 71.3 Å². The third-order valence-electron chi connectivity index (χ3n) is 3.22. The van der Waals surface area contributed by atoms with E-state index in [2.05, 4.69) is 15.5 Å². The topological polar surface area (TPSA) is 105 Å². The van der Waals surface area contributed by atoms with E-state index in [1.54, 1.807) is 0 Å². The number of hydrogen-bond donors (Lipinski definition) is 2. The minimum atomic E-state index is -0.860. The first-order valence-electron chi connectivity index (χ1n) is 7.66. The normalized spacial score (nSPS) is 11.4. The second kappa shape index (κ2) is 8.51. The Hall–Kier alpha value is -1.92. The van der Waals surface area contributed by atoms with Crippen LogP contribution in [0.2, 0.25) is 0 Å². The van der Waals surface area contributed by atoms with E-state index in [1.807, 2.05) is 20.8 Å². The maximum Gasteiger partial charge on any atom is 0.303 e. The fourth-order valence-corrected chi connectivity index (χ4v) is 2.04. The number of aryl methyl sites for hydroxylation is 2. The molecule has 7 nitrogen and oxygen atoms in total. The average molecular weight is 311 g/mol. The largest absolute Gasteiger partial charge is 0.481 e. The number of aliphatic carboxylic acids is 1. The van der Waals surface area contributed by atoms with Gasteiger partial charge >= 0.3 is 5.97 Å². The van der Waals surface area contributed by atoms with Crippen LogP contribution in [0.1, 0.15) is 64.6 Å². The van der Waals surface area contributed by atoms with Gasteiger partial charge in [0.2, 0.25) is 11.8 Å². The maximum absolute atomic E-state index is 11.9. The molecule has 0 fully saturated rings. The number of carbonyl (C=O) groups excluding carboxylic acids is 1. The van der Waals surface area contributed by atoms with Gasteiger partial charge in [-0.1, -0.05) is 12.1 Å². The van der Waals surface area contributed by atoms with Crippen LogP contribution in [0.4, 0.5) is 0 Å². The predicted molar refractivity (Wildman–Crippen MR) is 80.3 cm³/mol. The lowest BCUT2D eigenvalue weighted by atomic mass is 9.98. The molecule has 0 aliphatic rings. The lowest BCUT2D eigenvalue weighted by Crippen LogP contribution is -2.43. The van der Waals surface area contributed by atoms with Crippen molar-refractivity contribution in [2.75, 3.05) is 0 Å². The monoisotopic (exact) mass is 311 g/mol. The van der Waals surface area contributed by atoms with Crippen molar-refractivity contribution < 1.29 is 19.2 Å². The molecule has 0 aromatic carbocycles. The van der Waals surface area contributed by atoms with Crippen LogP contribution in [0.15, 0.2) is 4.52 Å². The summed E-state index contributed by atoms with van der Waals surface area (Å²) in [5, 5.41) is 15.4. The third kappa shape index (κ3) is 7.19. The highest BCUT2D eigenvalue weighted by molar-refractivity contribution is 5.76.